The number of benzene rings is 1. The van der Waals surface area contributed by atoms with Crippen LogP contribution < -0.4 is 10.6 Å². The van der Waals surface area contributed by atoms with E-state index in [1.165, 1.54) is 12.1 Å². The predicted molar refractivity (Wildman–Crippen MR) is 56.2 cm³/mol. The molecule has 0 aliphatic rings. The van der Waals surface area contributed by atoms with E-state index in [2.05, 4.69) is 10.6 Å². The topological polar surface area (TPSA) is 47.9 Å². The Kier molecular flexibility index (Phi) is 3.83. The molecule has 0 heterocycles. The molecule has 1 aromatic carbocycles. The lowest BCUT2D eigenvalue weighted by molar-refractivity contribution is 0.628. The van der Waals surface area contributed by atoms with Crippen LogP contribution in [0, 0.1) is 17.1 Å². The Morgan fingerprint density at radius 2 is 2.07 bits per heavy atom. The van der Waals surface area contributed by atoms with Crippen molar-refractivity contribution in [3.05, 3.63) is 30.1 Å². The molecule has 0 saturated heterocycles. The SMILES string of the molecule is N#CCNC(=S)Nc1ccc(F)cc1. The summed E-state index contributed by atoms with van der Waals surface area (Å²) in [4.78, 5) is 0. The van der Waals surface area contributed by atoms with Crippen molar-refractivity contribution in [3.63, 3.8) is 0 Å². The fraction of sp³-hybridized carbons (Fsp3) is 0.111. The van der Waals surface area contributed by atoms with E-state index in [0.717, 1.165) is 0 Å². The largest absolute Gasteiger partial charge is 0.349 e. The second kappa shape index (κ2) is 5.14. The van der Waals surface area contributed by atoms with E-state index in [1.807, 2.05) is 6.07 Å². The van der Waals surface area contributed by atoms with Crippen molar-refractivity contribution in [2.45, 2.75) is 0 Å². The van der Waals surface area contributed by atoms with Gasteiger partial charge in [0, 0.05) is 5.69 Å². The van der Waals surface area contributed by atoms with Crippen molar-refractivity contribution in [2.24, 2.45) is 0 Å². The molecule has 0 aliphatic carbocycles. The highest BCUT2D eigenvalue weighted by Gasteiger charge is 1.96. The molecule has 0 spiro atoms. The predicted octanol–water partition coefficient (Wildman–Crippen LogP) is 1.64. The van der Waals surface area contributed by atoms with Gasteiger partial charge >= 0.3 is 0 Å². The smallest absolute Gasteiger partial charge is 0.171 e. The van der Waals surface area contributed by atoms with E-state index >= 15 is 0 Å². The van der Waals surface area contributed by atoms with E-state index in [4.69, 9.17) is 17.5 Å². The lowest BCUT2D eigenvalue weighted by Crippen LogP contribution is -2.28. The molecule has 72 valence electrons. The highest BCUT2D eigenvalue weighted by molar-refractivity contribution is 7.80. The number of nitriles is 1. The van der Waals surface area contributed by atoms with Crippen molar-refractivity contribution >= 4 is 23.0 Å². The Balaban J connectivity index is 2.49. The number of hydrogen-bond donors (Lipinski definition) is 2. The number of halogens is 1. The average Bonchev–Trinajstić information content (AvgIpc) is 2.18. The van der Waals surface area contributed by atoms with Gasteiger partial charge in [-0.1, -0.05) is 0 Å². The first kappa shape index (κ1) is 10.4. The van der Waals surface area contributed by atoms with Crippen molar-refractivity contribution in [1.29, 1.82) is 5.26 Å². The third-order valence-corrected chi connectivity index (χ3v) is 1.68. The average molecular weight is 209 g/mol. The van der Waals surface area contributed by atoms with Crippen molar-refractivity contribution in [2.75, 3.05) is 11.9 Å². The maximum Gasteiger partial charge on any atom is 0.171 e. The van der Waals surface area contributed by atoms with Gasteiger partial charge in [-0.05, 0) is 36.5 Å². The standard InChI is InChI=1S/C9H8FN3S/c10-7-1-3-8(4-2-7)13-9(14)12-6-5-11/h1-4H,6H2,(H2,12,13,14). The molecule has 0 aromatic heterocycles. The zero-order valence-electron chi connectivity index (χ0n) is 7.25. The number of rotatable bonds is 2. The monoisotopic (exact) mass is 209 g/mol. The Morgan fingerprint density at radius 3 is 2.64 bits per heavy atom. The van der Waals surface area contributed by atoms with Crippen LogP contribution in [0.15, 0.2) is 24.3 Å². The van der Waals surface area contributed by atoms with Crippen LogP contribution in [0.4, 0.5) is 10.1 Å². The second-order valence-electron chi connectivity index (χ2n) is 2.47. The molecular weight excluding hydrogens is 201 g/mol. The summed E-state index contributed by atoms with van der Waals surface area (Å²) < 4.78 is 12.5. The first-order chi connectivity index (χ1) is 6.72. The molecular formula is C9H8FN3S. The van der Waals surface area contributed by atoms with Gasteiger partial charge < -0.3 is 10.6 Å². The maximum atomic E-state index is 12.5. The van der Waals surface area contributed by atoms with Crippen LogP contribution in [-0.2, 0) is 0 Å². The Labute approximate surface area is 86.5 Å². The third-order valence-electron chi connectivity index (χ3n) is 1.43. The molecule has 0 aliphatic heterocycles. The zero-order chi connectivity index (χ0) is 10.4. The third kappa shape index (κ3) is 3.37. The Hall–Kier alpha value is -1.67. The molecule has 14 heavy (non-hydrogen) atoms. The lowest BCUT2D eigenvalue weighted by Gasteiger charge is -2.07. The summed E-state index contributed by atoms with van der Waals surface area (Å²) in [5.74, 6) is -0.300. The normalized spacial score (nSPS) is 8.86. The van der Waals surface area contributed by atoms with Crippen LogP contribution in [0.5, 0.6) is 0 Å². The first-order valence-corrected chi connectivity index (χ1v) is 4.30. The molecule has 0 fully saturated rings. The Morgan fingerprint density at radius 1 is 1.43 bits per heavy atom. The minimum atomic E-state index is -0.300. The molecule has 3 nitrogen and oxygen atoms in total. The van der Waals surface area contributed by atoms with Gasteiger partial charge in [0.05, 0.1) is 6.07 Å². The van der Waals surface area contributed by atoms with Crippen LogP contribution in [0.1, 0.15) is 0 Å². The summed E-state index contributed by atoms with van der Waals surface area (Å²) in [6.45, 7) is 0.146. The summed E-state index contributed by atoms with van der Waals surface area (Å²) in [5, 5.41) is 14.1. The molecule has 2 N–H and O–H groups in total. The van der Waals surface area contributed by atoms with Crippen LogP contribution in [-0.4, -0.2) is 11.7 Å². The van der Waals surface area contributed by atoms with Gasteiger partial charge in [-0.3, -0.25) is 0 Å². The molecule has 0 radical (unpaired) electrons. The van der Waals surface area contributed by atoms with Crippen molar-refractivity contribution in [1.82, 2.24) is 5.32 Å². The van der Waals surface area contributed by atoms with Gasteiger partial charge in [-0.2, -0.15) is 5.26 Å². The minimum Gasteiger partial charge on any atom is -0.349 e. The van der Waals surface area contributed by atoms with Gasteiger partial charge in [0.1, 0.15) is 12.4 Å². The van der Waals surface area contributed by atoms with E-state index in [-0.39, 0.29) is 12.4 Å². The number of thiocarbonyl (C=S) groups is 1. The molecule has 0 unspecified atom stereocenters. The van der Waals surface area contributed by atoms with E-state index in [9.17, 15) is 4.39 Å². The number of anilines is 1. The molecule has 5 heteroatoms. The quantitative estimate of drug-likeness (QED) is 0.574. The molecule has 0 atom stereocenters. The highest BCUT2D eigenvalue weighted by Crippen LogP contribution is 2.07. The maximum absolute atomic E-state index is 12.5. The molecule has 1 rings (SSSR count). The van der Waals surface area contributed by atoms with Crippen molar-refractivity contribution in [3.8, 4) is 6.07 Å². The van der Waals surface area contributed by atoms with Gasteiger partial charge in [-0.25, -0.2) is 4.39 Å². The van der Waals surface area contributed by atoms with E-state index < -0.39 is 0 Å². The van der Waals surface area contributed by atoms with E-state index in [1.54, 1.807) is 12.1 Å². The first-order valence-electron chi connectivity index (χ1n) is 3.90. The molecule has 0 bridgehead atoms. The van der Waals surface area contributed by atoms with Gasteiger partial charge in [0.15, 0.2) is 5.11 Å². The molecule has 1 aromatic rings. The Bertz CT molecular complexity index is 355. The fourth-order valence-corrected chi connectivity index (χ4v) is 1.02. The fourth-order valence-electron chi connectivity index (χ4n) is 0.828. The summed E-state index contributed by atoms with van der Waals surface area (Å²) in [7, 11) is 0. The number of nitrogens with one attached hydrogen (secondary N) is 2. The summed E-state index contributed by atoms with van der Waals surface area (Å²) in [6, 6.07) is 7.68. The number of nitrogens with zero attached hydrogens (tertiary/aromatic N) is 1. The van der Waals surface area contributed by atoms with Crippen LogP contribution in [0.3, 0.4) is 0 Å². The number of hydrogen-bond acceptors (Lipinski definition) is 2. The highest BCUT2D eigenvalue weighted by atomic mass is 32.1. The zero-order valence-corrected chi connectivity index (χ0v) is 8.07. The van der Waals surface area contributed by atoms with Gasteiger partial charge in [0.25, 0.3) is 0 Å². The van der Waals surface area contributed by atoms with Crippen LogP contribution in [0.2, 0.25) is 0 Å². The lowest BCUT2D eigenvalue weighted by atomic mass is 10.3. The van der Waals surface area contributed by atoms with Gasteiger partial charge in [0.2, 0.25) is 0 Å². The second-order valence-corrected chi connectivity index (χ2v) is 2.88. The van der Waals surface area contributed by atoms with Crippen LogP contribution in [0.25, 0.3) is 0 Å². The van der Waals surface area contributed by atoms with E-state index in [0.29, 0.717) is 10.8 Å². The van der Waals surface area contributed by atoms with Crippen molar-refractivity contribution < 1.29 is 4.39 Å². The summed E-state index contributed by atoms with van der Waals surface area (Å²) in [6.07, 6.45) is 0. The van der Waals surface area contributed by atoms with Crippen LogP contribution >= 0.6 is 12.2 Å². The summed E-state index contributed by atoms with van der Waals surface area (Å²) >= 11 is 4.87. The molecule has 0 amide bonds. The van der Waals surface area contributed by atoms with Gasteiger partial charge in [-0.15, -0.1) is 0 Å². The summed E-state index contributed by atoms with van der Waals surface area (Å²) in [5.41, 5.74) is 0.682. The minimum absolute atomic E-state index is 0.146. The molecule has 0 saturated carbocycles.